The maximum Gasteiger partial charge on any atom is 0.270 e. The Morgan fingerprint density at radius 2 is 1.89 bits per heavy atom. The summed E-state index contributed by atoms with van der Waals surface area (Å²) in [7, 11) is 0. The molecule has 0 aromatic carbocycles. The number of carbonyl (C=O) groups excluding carboxylic acids is 2. The van der Waals surface area contributed by atoms with Crippen molar-refractivity contribution in [3.63, 3.8) is 0 Å². The Balaban J connectivity index is 1.35. The maximum atomic E-state index is 13.5. The molecule has 1 atom stereocenters. The monoisotopic (exact) mass is 475 g/mol. The van der Waals surface area contributed by atoms with E-state index >= 15 is 0 Å². The quantitative estimate of drug-likeness (QED) is 0.413. The largest absolute Gasteiger partial charge is 0.339 e. The van der Waals surface area contributed by atoms with Crippen LogP contribution in [0, 0.1) is 24.7 Å². The summed E-state index contributed by atoms with van der Waals surface area (Å²) in [6, 6.07) is 4.85. The molecule has 2 saturated carbocycles. The number of anilines is 1. The normalized spacial score (nSPS) is 16.3. The molecule has 2 fully saturated rings. The predicted molar refractivity (Wildman–Crippen MR) is 133 cm³/mol. The Labute approximate surface area is 205 Å². The van der Waals surface area contributed by atoms with Crippen LogP contribution in [-0.4, -0.2) is 42.8 Å². The third-order valence-corrected chi connectivity index (χ3v) is 7.21. The van der Waals surface area contributed by atoms with E-state index in [2.05, 4.69) is 37.8 Å². The number of aromatic nitrogens is 5. The molecule has 9 nitrogen and oxygen atoms in total. The van der Waals surface area contributed by atoms with Crippen molar-refractivity contribution in [1.82, 2.24) is 30.3 Å². The minimum atomic E-state index is -0.605. The van der Waals surface area contributed by atoms with Crippen LogP contribution in [-0.2, 0) is 17.8 Å². The van der Waals surface area contributed by atoms with Crippen molar-refractivity contribution in [3.8, 4) is 11.1 Å². The van der Waals surface area contributed by atoms with Gasteiger partial charge in [0.25, 0.3) is 5.91 Å². The number of nitrogens with zero attached hydrogens (tertiary/aromatic N) is 4. The van der Waals surface area contributed by atoms with Crippen LogP contribution in [0.2, 0.25) is 0 Å². The average molecular weight is 476 g/mol. The first-order valence-corrected chi connectivity index (χ1v) is 12.6. The van der Waals surface area contributed by atoms with Gasteiger partial charge < -0.3 is 10.6 Å². The van der Waals surface area contributed by atoms with Gasteiger partial charge in [0, 0.05) is 35.8 Å². The fraction of sp³-hybridized carbons (Fsp3) is 0.500. The number of H-pyrrole nitrogens is 1. The van der Waals surface area contributed by atoms with Crippen LogP contribution < -0.4 is 10.6 Å². The van der Waals surface area contributed by atoms with Gasteiger partial charge in [0.15, 0.2) is 0 Å². The van der Waals surface area contributed by atoms with Crippen molar-refractivity contribution in [3.05, 3.63) is 47.7 Å². The number of hydrogen-bond donors (Lipinski definition) is 3. The lowest BCUT2D eigenvalue weighted by Gasteiger charge is -2.27. The summed E-state index contributed by atoms with van der Waals surface area (Å²) in [6.45, 7) is 6.58. The fourth-order valence-electron chi connectivity index (χ4n) is 5.16. The van der Waals surface area contributed by atoms with Gasteiger partial charge in [-0.1, -0.05) is 6.92 Å². The Hall–Kier alpha value is -3.49. The summed E-state index contributed by atoms with van der Waals surface area (Å²) in [5.41, 5.74) is 4.47. The average Bonchev–Trinajstić information content (AvgIpc) is 3.79. The van der Waals surface area contributed by atoms with Crippen LogP contribution in [0.15, 0.2) is 30.6 Å². The summed E-state index contributed by atoms with van der Waals surface area (Å²) >= 11 is 0. The smallest absolute Gasteiger partial charge is 0.270 e. The standard InChI is InChI=1S/C26H33N7O2/c1-4-19-22(15(3)31-32-19)18-10-11-21(27-14-18)29-26(35)24(23(16-6-7-16)17-8-9-17)30-25(34)20-12-13-28-33(20)5-2/h10-14,16-17,23-24H,4-9H2,1-3H3,(H,30,34)(H,31,32)(H,27,29,35). The molecule has 3 aromatic rings. The number of carbonyl (C=O) groups is 2. The first-order valence-electron chi connectivity index (χ1n) is 12.6. The third-order valence-electron chi connectivity index (χ3n) is 7.21. The van der Waals surface area contributed by atoms with Crippen LogP contribution in [0.4, 0.5) is 5.82 Å². The highest BCUT2D eigenvalue weighted by molar-refractivity contribution is 6.00. The van der Waals surface area contributed by atoms with E-state index in [1.165, 1.54) is 0 Å². The van der Waals surface area contributed by atoms with E-state index < -0.39 is 6.04 Å². The molecule has 3 heterocycles. The van der Waals surface area contributed by atoms with E-state index in [1.54, 1.807) is 23.1 Å². The van der Waals surface area contributed by atoms with Gasteiger partial charge in [0.05, 0.1) is 5.69 Å². The zero-order chi connectivity index (χ0) is 24.5. The zero-order valence-electron chi connectivity index (χ0n) is 20.5. The molecule has 2 aliphatic carbocycles. The van der Waals surface area contributed by atoms with Gasteiger partial charge in [-0.3, -0.25) is 19.4 Å². The summed E-state index contributed by atoms with van der Waals surface area (Å²) in [4.78, 5) is 31.2. The molecule has 0 radical (unpaired) electrons. The van der Waals surface area contributed by atoms with Gasteiger partial charge in [0.1, 0.15) is 17.6 Å². The number of aromatic amines is 1. The second kappa shape index (κ2) is 9.64. The Morgan fingerprint density at radius 1 is 1.14 bits per heavy atom. The van der Waals surface area contributed by atoms with E-state index in [-0.39, 0.29) is 17.7 Å². The van der Waals surface area contributed by atoms with Crippen LogP contribution >= 0.6 is 0 Å². The molecule has 35 heavy (non-hydrogen) atoms. The number of amides is 2. The van der Waals surface area contributed by atoms with Crippen molar-refractivity contribution >= 4 is 17.6 Å². The molecule has 3 aromatic heterocycles. The Kier molecular flexibility index (Phi) is 6.40. The van der Waals surface area contributed by atoms with E-state index in [4.69, 9.17) is 0 Å². The van der Waals surface area contributed by atoms with Crippen molar-refractivity contribution in [2.45, 2.75) is 65.5 Å². The Morgan fingerprint density at radius 3 is 2.49 bits per heavy atom. The van der Waals surface area contributed by atoms with E-state index in [1.807, 2.05) is 26.0 Å². The van der Waals surface area contributed by atoms with E-state index in [0.29, 0.717) is 29.9 Å². The molecule has 5 rings (SSSR count). The second-order valence-corrected chi connectivity index (χ2v) is 9.67. The molecule has 2 amide bonds. The first-order chi connectivity index (χ1) is 17.0. The molecule has 3 N–H and O–H groups in total. The molecule has 0 bridgehead atoms. The summed E-state index contributed by atoms with van der Waals surface area (Å²) in [5.74, 6) is 1.13. The number of rotatable bonds is 10. The second-order valence-electron chi connectivity index (χ2n) is 9.67. The van der Waals surface area contributed by atoms with Crippen molar-refractivity contribution in [2.24, 2.45) is 17.8 Å². The molecule has 2 aliphatic rings. The van der Waals surface area contributed by atoms with Gasteiger partial charge in [0.2, 0.25) is 5.91 Å². The zero-order valence-corrected chi connectivity index (χ0v) is 20.5. The molecular formula is C26H33N7O2. The SMILES string of the molecule is CCc1[nH]nc(C)c1-c1ccc(NC(=O)C(NC(=O)c2ccnn2CC)C(C2CC2)C2CC2)nc1. The van der Waals surface area contributed by atoms with Crippen LogP contribution in [0.25, 0.3) is 11.1 Å². The molecule has 9 heteroatoms. The highest BCUT2D eigenvalue weighted by Crippen LogP contribution is 2.50. The third kappa shape index (κ3) is 4.85. The van der Waals surface area contributed by atoms with Gasteiger partial charge in [-0.05, 0) is 81.9 Å². The molecular weight excluding hydrogens is 442 g/mol. The number of nitrogens with one attached hydrogen (secondary N) is 3. The highest BCUT2D eigenvalue weighted by atomic mass is 16.2. The Bertz CT molecular complexity index is 1190. The number of aryl methyl sites for hydroxylation is 3. The highest BCUT2D eigenvalue weighted by Gasteiger charge is 2.48. The summed E-state index contributed by atoms with van der Waals surface area (Å²) < 4.78 is 1.65. The van der Waals surface area contributed by atoms with E-state index in [9.17, 15) is 9.59 Å². The van der Waals surface area contributed by atoms with Crippen LogP contribution in [0.1, 0.15) is 61.4 Å². The first kappa shape index (κ1) is 23.3. The van der Waals surface area contributed by atoms with Gasteiger partial charge in [-0.25, -0.2) is 4.98 Å². The number of hydrogen-bond acceptors (Lipinski definition) is 5. The summed E-state index contributed by atoms with van der Waals surface area (Å²) in [6.07, 6.45) is 8.68. The van der Waals surface area contributed by atoms with Crippen LogP contribution in [0.3, 0.4) is 0 Å². The lowest BCUT2D eigenvalue weighted by atomic mass is 9.88. The van der Waals surface area contributed by atoms with Gasteiger partial charge in [-0.2, -0.15) is 10.2 Å². The predicted octanol–water partition coefficient (Wildman–Crippen LogP) is 3.73. The van der Waals surface area contributed by atoms with Gasteiger partial charge >= 0.3 is 0 Å². The molecule has 184 valence electrons. The topological polar surface area (TPSA) is 118 Å². The molecule has 0 aliphatic heterocycles. The van der Waals surface area contributed by atoms with Crippen molar-refractivity contribution < 1.29 is 9.59 Å². The minimum absolute atomic E-state index is 0.150. The minimum Gasteiger partial charge on any atom is -0.339 e. The fourth-order valence-corrected chi connectivity index (χ4v) is 5.16. The molecule has 1 unspecified atom stereocenters. The van der Waals surface area contributed by atoms with Crippen molar-refractivity contribution in [1.29, 1.82) is 0 Å². The molecule has 0 spiro atoms. The number of pyridine rings is 1. The van der Waals surface area contributed by atoms with E-state index in [0.717, 1.165) is 54.6 Å². The maximum absolute atomic E-state index is 13.5. The van der Waals surface area contributed by atoms with Crippen LogP contribution in [0.5, 0.6) is 0 Å². The molecule has 0 saturated heterocycles. The van der Waals surface area contributed by atoms with Gasteiger partial charge in [-0.15, -0.1) is 0 Å². The van der Waals surface area contributed by atoms with Crippen molar-refractivity contribution in [2.75, 3.05) is 5.32 Å². The lowest BCUT2D eigenvalue weighted by Crippen LogP contribution is -2.50. The lowest BCUT2D eigenvalue weighted by molar-refractivity contribution is -0.119. The summed E-state index contributed by atoms with van der Waals surface area (Å²) in [5, 5.41) is 17.6.